The lowest BCUT2D eigenvalue weighted by Crippen LogP contribution is -2.44. The van der Waals surface area contributed by atoms with Gasteiger partial charge in [-0.3, -0.25) is 0 Å². The summed E-state index contributed by atoms with van der Waals surface area (Å²) < 4.78 is 50.4. The van der Waals surface area contributed by atoms with E-state index in [1.165, 1.54) is 0 Å². The van der Waals surface area contributed by atoms with Gasteiger partial charge < -0.3 is 20.1 Å². The van der Waals surface area contributed by atoms with Crippen LogP contribution in [0.15, 0.2) is 6.07 Å². The number of hydrogen-bond acceptors (Lipinski definition) is 9. The van der Waals surface area contributed by atoms with Gasteiger partial charge in [0.05, 0.1) is 12.4 Å². The van der Waals surface area contributed by atoms with Crippen molar-refractivity contribution in [2.75, 3.05) is 29.6 Å². The zero-order valence-electron chi connectivity index (χ0n) is 23.4. The van der Waals surface area contributed by atoms with Crippen molar-refractivity contribution < 1.29 is 22.7 Å². The first-order valence-electron chi connectivity index (χ1n) is 13.9. The summed E-state index contributed by atoms with van der Waals surface area (Å²) in [6.07, 6.45) is 6.86. The number of hydrogen-bond donors (Lipinski definition) is 3. The predicted octanol–water partition coefficient (Wildman–Crippen LogP) is 3.77. The minimum Gasteiger partial charge on any atom is -0.390 e. The van der Waals surface area contributed by atoms with Gasteiger partial charge in [0.25, 0.3) is 0 Å². The first kappa shape index (κ1) is 29.6. The summed E-state index contributed by atoms with van der Waals surface area (Å²) in [7, 11) is -1.52. The second-order valence-corrected chi connectivity index (χ2v) is 12.9. The molecule has 0 aromatic carbocycles. The molecule has 1 unspecified atom stereocenters. The van der Waals surface area contributed by atoms with Gasteiger partial charge in [0.1, 0.15) is 5.69 Å². The summed E-state index contributed by atoms with van der Waals surface area (Å²) in [6.45, 7) is 5.82. The average molecular weight is 568 g/mol. The number of aliphatic hydroxyl groups is 1. The molecule has 218 valence electrons. The SMILES string of the molecule is CCS(=O)(=O)N[C@H]1CCC[C@@H](C)C[C@@H](N(C)c2nc(CO)c(F)c(Nc3cc(C)n(C4CCCCO4)n3)n2)C1. The van der Waals surface area contributed by atoms with Crippen LogP contribution in [0, 0.1) is 18.7 Å². The molecule has 3 N–H and O–H groups in total. The van der Waals surface area contributed by atoms with Crippen LogP contribution in [0.4, 0.5) is 22.0 Å². The van der Waals surface area contributed by atoms with E-state index in [4.69, 9.17) is 4.74 Å². The molecule has 39 heavy (non-hydrogen) atoms. The molecular weight excluding hydrogens is 525 g/mol. The lowest BCUT2D eigenvalue weighted by molar-refractivity contribution is -0.0404. The molecule has 0 amide bonds. The van der Waals surface area contributed by atoms with E-state index in [2.05, 4.69) is 32.0 Å². The van der Waals surface area contributed by atoms with E-state index in [1.54, 1.807) is 11.6 Å². The second-order valence-electron chi connectivity index (χ2n) is 10.8. The van der Waals surface area contributed by atoms with Gasteiger partial charge in [-0.1, -0.05) is 19.8 Å². The molecule has 1 aliphatic carbocycles. The maximum absolute atomic E-state index is 15.3. The highest BCUT2D eigenvalue weighted by Crippen LogP contribution is 2.30. The number of aryl methyl sites for hydroxylation is 1. The molecule has 2 aromatic rings. The summed E-state index contributed by atoms with van der Waals surface area (Å²) in [5.74, 6) is 0.307. The van der Waals surface area contributed by atoms with Crippen LogP contribution in [0.25, 0.3) is 0 Å². The van der Waals surface area contributed by atoms with Crippen LogP contribution in [0.2, 0.25) is 0 Å². The minimum atomic E-state index is -3.35. The van der Waals surface area contributed by atoms with E-state index in [1.807, 2.05) is 24.9 Å². The molecule has 13 heteroatoms. The average Bonchev–Trinajstić information content (AvgIpc) is 3.27. The Morgan fingerprint density at radius 2 is 2.00 bits per heavy atom. The van der Waals surface area contributed by atoms with Crippen molar-refractivity contribution in [3.8, 4) is 0 Å². The molecule has 1 saturated heterocycles. The summed E-state index contributed by atoms with van der Waals surface area (Å²) in [5.41, 5.74) is 0.755. The summed E-state index contributed by atoms with van der Waals surface area (Å²) >= 11 is 0. The smallest absolute Gasteiger partial charge is 0.227 e. The van der Waals surface area contributed by atoms with Crippen molar-refractivity contribution >= 4 is 27.6 Å². The third-order valence-electron chi connectivity index (χ3n) is 7.73. The van der Waals surface area contributed by atoms with Gasteiger partial charge in [-0.15, -0.1) is 0 Å². The molecule has 1 aliphatic heterocycles. The van der Waals surface area contributed by atoms with E-state index in [-0.39, 0.29) is 41.5 Å². The minimum absolute atomic E-state index is 0.0263. The number of aromatic nitrogens is 4. The fraction of sp³-hybridized carbons (Fsp3) is 0.731. The molecule has 11 nitrogen and oxygen atoms in total. The maximum atomic E-state index is 15.3. The maximum Gasteiger partial charge on any atom is 0.227 e. The molecule has 1 saturated carbocycles. The standard InChI is InChI=1S/C26H42FN7O4S/c1-5-39(36,37)32-19-10-8-9-17(2)13-20(15-19)33(4)26-28-21(16-35)24(27)25(30-26)29-22-14-18(3)34(31-22)23-11-6-7-12-38-23/h14,17,19-20,23,32,35H,5-13,15-16H2,1-4H3,(H,28,29,30,31)/t17-,19+,20-,23?/m1/s1. The van der Waals surface area contributed by atoms with Gasteiger partial charge in [0.2, 0.25) is 16.0 Å². The molecule has 0 spiro atoms. The van der Waals surface area contributed by atoms with Crippen LogP contribution < -0.4 is 14.9 Å². The Labute approximate surface area is 230 Å². The Morgan fingerprint density at radius 3 is 2.69 bits per heavy atom. The van der Waals surface area contributed by atoms with Crippen molar-refractivity contribution in [3.05, 3.63) is 23.3 Å². The zero-order valence-corrected chi connectivity index (χ0v) is 24.2. The Kier molecular flexibility index (Phi) is 9.78. The van der Waals surface area contributed by atoms with Crippen LogP contribution in [-0.2, 0) is 21.4 Å². The van der Waals surface area contributed by atoms with Gasteiger partial charge in [-0.2, -0.15) is 10.1 Å². The number of rotatable bonds is 9. The number of aliphatic hydroxyl groups excluding tert-OH is 1. The van der Waals surface area contributed by atoms with E-state index in [0.29, 0.717) is 24.8 Å². The van der Waals surface area contributed by atoms with Crippen LogP contribution >= 0.6 is 0 Å². The molecule has 4 atom stereocenters. The molecule has 4 rings (SSSR count). The van der Waals surface area contributed by atoms with Crippen LogP contribution in [0.5, 0.6) is 0 Å². The van der Waals surface area contributed by atoms with Crippen molar-refractivity contribution in [1.29, 1.82) is 0 Å². The zero-order chi connectivity index (χ0) is 28.2. The van der Waals surface area contributed by atoms with Crippen LogP contribution in [-0.4, -0.2) is 64.8 Å². The molecular formula is C26H42FN7O4S. The van der Waals surface area contributed by atoms with Crippen molar-refractivity contribution in [3.63, 3.8) is 0 Å². The molecule has 2 aliphatic rings. The fourth-order valence-corrected chi connectivity index (χ4v) is 6.35. The lowest BCUT2D eigenvalue weighted by Gasteiger charge is -2.35. The first-order chi connectivity index (χ1) is 18.6. The third-order valence-corrected chi connectivity index (χ3v) is 9.18. The Balaban J connectivity index is 1.59. The normalized spacial score (nSPS) is 24.7. The van der Waals surface area contributed by atoms with Crippen molar-refractivity contribution in [2.24, 2.45) is 5.92 Å². The molecule has 2 fully saturated rings. The topological polar surface area (TPSA) is 134 Å². The Hall–Kier alpha value is -2.35. The summed E-state index contributed by atoms with van der Waals surface area (Å²) in [6, 6.07) is 1.52. The van der Waals surface area contributed by atoms with Crippen molar-refractivity contribution in [2.45, 2.75) is 97.1 Å². The molecule has 2 aromatic heterocycles. The number of ether oxygens (including phenoxy) is 1. The number of anilines is 3. The highest BCUT2D eigenvalue weighted by atomic mass is 32.2. The number of sulfonamides is 1. The number of halogens is 1. The molecule has 3 heterocycles. The first-order valence-corrected chi connectivity index (χ1v) is 15.6. The third kappa shape index (κ3) is 7.44. The highest BCUT2D eigenvalue weighted by molar-refractivity contribution is 7.89. The Morgan fingerprint density at radius 1 is 1.21 bits per heavy atom. The van der Waals surface area contributed by atoms with Crippen molar-refractivity contribution in [1.82, 2.24) is 24.5 Å². The quantitative estimate of drug-likeness (QED) is 0.414. The van der Waals surface area contributed by atoms with E-state index < -0.39 is 22.4 Å². The Bertz CT molecular complexity index is 1220. The van der Waals surface area contributed by atoms with Gasteiger partial charge >= 0.3 is 0 Å². The number of nitrogens with zero attached hydrogens (tertiary/aromatic N) is 5. The van der Waals surface area contributed by atoms with Crippen LogP contribution in [0.3, 0.4) is 0 Å². The summed E-state index contributed by atoms with van der Waals surface area (Å²) in [4.78, 5) is 10.7. The summed E-state index contributed by atoms with van der Waals surface area (Å²) in [5, 5.41) is 17.4. The van der Waals surface area contributed by atoms with E-state index in [0.717, 1.165) is 50.6 Å². The second kappa shape index (κ2) is 12.9. The number of nitrogens with one attached hydrogen (secondary N) is 2. The van der Waals surface area contributed by atoms with E-state index >= 15 is 4.39 Å². The largest absolute Gasteiger partial charge is 0.390 e. The lowest BCUT2D eigenvalue weighted by atomic mass is 9.87. The van der Waals surface area contributed by atoms with Crippen LogP contribution in [0.1, 0.15) is 82.8 Å². The van der Waals surface area contributed by atoms with Gasteiger partial charge in [-0.25, -0.2) is 27.2 Å². The monoisotopic (exact) mass is 567 g/mol. The predicted molar refractivity (Wildman–Crippen MR) is 148 cm³/mol. The fourth-order valence-electron chi connectivity index (χ4n) is 5.47. The molecule has 0 bridgehead atoms. The molecule has 0 radical (unpaired) electrons. The van der Waals surface area contributed by atoms with Gasteiger partial charge in [-0.05, 0) is 58.3 Å². The van der Waals surface area contributed by atoms with E-state index in [9.17, 15) is 13.5 Å². The van der Waals surface area contributed by atoms with Gasteiger partial charge in [0, 0.05) is 37.5 Å². The van der Waals surface area contributed by atoms with Gasteiger partial charge in [0.15, 0.2) is 23.7 Å². The highest BCUT2D eigenvalue weighted by Gasteiger charge is 2.29.